The van der Waals surface area contributed by atoms with E-state index < -0.39 is 11.9 Å². The Bertz CT molecular complexity index is 405. The van der Waals surface area contributed by atoms with Gasteiger partial charge in [0, 0.05) is 0 Å². The predicted molar refractivity (Wildman–Crippen MR) is 54.4 cm³/mol. The average Bonchev–Trinajstić information content (AvgIpc) is 2.24. The lowest BCUT2D eigenvalue weighted by atomic mass is 9.97. The zero-order chi connectivity index (χ0) is 11.0. The van der Waals surface area contributed by atoms with E-state index in [0.29, 0.717) is 0 Å². The summed E-state index contributed by atoms with van der Waals surface area (Å²) in [5, 5.41) is 0. The van der Waals surface area contributed by atoms with Crippen molar-refractivity contribution in [3.63, 3.8) is 0 Å². The molecule has 78 valence electrons. The van der Waals surface area contributed by atoms with Gasteiger partial charge in [-0.05, 0) is 36.1 Å². The maximum absolute atomic E-state index is 11.2. The van der Waals surface area contributed by atoms with Crippen molar-refractivity contribution >= 4 is 11.9 Å². The SMILES string of the molecule is Cc1cc2c(cc1C)CC(=O)OC(=O)C2. The normalized spacial score (nSPS) is 15.6. The van der Waals surface area contributed by atoms with Gasteiger partial charge < -0.3 is 4.74 Å². The van der Waals surface area contributed by atoms with E-state index in [1.54, 1.807) is 0 Å². The molecule has 0 saturated heterocycles. The van der Waals surface area contributed by atoms with Gasteiger partial charge in [-0.15, -0.1) is 0 Å². The van der Waals surface area contributed by atoms with Crippen LogP contribution < -0.4 is 0 Å². The topological polar surface area (TPSA) is 43.4 Å². The number of hydrogen-bond acceptors (Lipinski definition) is 3. The highest BCUT2D eigenvalue weighted by molar-refractivity contribution is 5.90. The molecule has 0 aromatic heterocycles. The second-order valence-electron chi connectivity index (χ2n) is 3.90. The first kappa shape index (κ1) is 9.90. The predicted octanol–water partition coefficient (Wildman–Crippen LogP) is 1.47. The van der Waals surface area contributed by atoms with Crippen molar-refractivity contribution in [2.45, 2.75) is 26.7 Å². The van der Waals surface area contributed by atoms with Crippen LogP contribution in [0.5, 0.6) is 0 Å². The average molecular weight is 204 g/mol. The zero-order valence-electron chi connectivity index (χ0n) is 8.79. The number of carbonyl (C=O) groups excluding carboxylic acids is 2. The van der Waals surface area contributed by atoms with Crippen LogP contribution in [0.4, 0.5) is 0 Å². The number of esters is 2. The molecule has 0 bridgehead atoms. The monoisotopic (exact) mass is 204 g/mol. The number of benzene rings is 1. The Labute approximate surface area is 88.1 Å². The van der Waals surface area contributed by atoms with Crippen LogP contribution >= 0.6 is 0 Å². The first-order valence-corrected chi connectivity index (χ1v) is 4.89. The molecular formula is C12H12O3. The lowest BCUT2D eigenvalue weighted by molar-refractivity contribution is -0.158. The molecule has 1 aromatic rings. The molecule has 2 rings (SSSR count). The number of ether oxygens (including phenoxy) is 1. The molecule has 1 heterocycles. The first-order chi connectivity index (χ1) is 7.06. The van der Waals surface area contributed by atoms with Gasteiger partial charge in [0.25, 0.3) is 0 Å². The summed E-state index contributed by atoms with van der Waals surface area (Å²) in [6.07, 6.45) is 0.393. The summed E-state index contributed by atoms with van der Waals surface area (Å²) in [4.78, 5) is 22.4. The quantitative estimate of drug-likeness (QED) is 0.475. The fourth-order valence-corrected chi connectivity index (χ4v) is 1.78. The van der Waals surface area contributed by atoms with E-state index in [4.69, 9.17) is 0 Å². The van der Waals surface area contributed by atoms with Gasteiger partial charge in [0.15, 0.2) is 0 Å². The smallest absolute Gasteiger partial charge is 0.317 e. The van der Waals surface area contributed by atoms with Crippen molar-refractivity contribution in [1.82, 2.24) is 0 Å². The number of aryl methyl sites for hydroxylation is 2. The minimum atomic E-state index is -0.456. The van der Waals surface area contributed by atoms with Gasteiger partial charge in [-0.2, -0.15) is 0 Å². The Morgan fingerprint density at radius 2 is 1.33 bits per heavy atom. The van der Waals surface area contributed by atoms with Gasteiger partial charge in [-0.25, -0.2) is 0 Å². The highest BCUT2D eigenvalue weighted by atomic mass is 16.6. The van der Waals surface area contributed by atoms with Crippen LogP contribution in [0.15, 0.2) is 12.1 Å². The van der Waals surface area contributed by atoms with Crippen LogP contribution in [0, 0.1) is 13.8 Å². The standard InChI is InChI=1S/C12H12O3/c1-7-3-9-5-11(13)15-12(14)6-10(9)4-8(7)2/h3-4H,5-6H2,1-2H3. The third kappa shape index (κ3) is 1.91. The molecule has 0 aliphatic carbocycles. The van der Waals surface area contributed by atoms with Crippen LogP contribution in [0.25, 0.3) is 0 Å². The van der Waals surface area contributed by atoms with Gasteiger partial charge in [-0.3, -0.25) is 9.59 Å². The minimum Gasteiger partial charge on any atom is -0.393 e. The number of cyclic esters (lactones) is 2. The maximum atomic E-state index is 11.2. The van der Waals surface area contributed by atoms with E-state index in [-0.39, 0.29) is 12.8 Å². The van der Waals surface area contributed by atoms with Gasteiger partial charge in [0.2, 0.25) is 0 Å². The number of carbonyl (C=O) groups is 2. The highest BCUT2D eigenvalue weighted by Gasteiger charge is 2.20. The summed E-state index contributed by atoms with van der Waals surface area (Å²) in [5.41, 5.74) is 4.09. The summed E-state index contributed by atoms with van der Waals surface area (Å²) in [5.74, 6) is -0.913. The van der Waals surface area contributed by atoms with Crippen LogP contribution in [0.3, 0.4) is 0 Å². The van der Waals surface area contributed by atoms with E-state index in [0.717, 1.165) is 22.3 Å². The van der Waals surface area contributed by atoms with Crippen LogP contribution in [-0.2, 0) is 27.2 Å². The van der Waals surface area contributed by atoms with Gasteiger partial charge in [-0.1, -0.05) is 12.1 Å². The molecule has 15 heavy (non-hydrogen) atoms. The summed E-state index contributed by atoms with van der Waals surface area (Å²) in [6.45, 7) is 3.99. The maximum Gasteiger partial charge on any atom is 0.317 e. The van der Waals surface area contributed by atoms with Crippen molar-refractivity contribution in [3.05, 3.63) is 34.4 Å². The van der Waals surface area contributed by atoms with E-state index >= 15 is 0 Å². The summed E-state index contributed by atoms with van der Waals surface area (Å²) >= 11 is 0. The van der Waals surface area contributed by atoms with Crippen molar-refractivity contribution < 1.29 is 14.3 Å². The van der Waals surface area contributed by atoms with Crippen LogP contribution in [0.2, 0.25) is 0 Å². The van der Waals surface area contributed by atoms with E-state index in [2.05, 4.69) is 4.74 Å². The van der Waals surface area contributed by atoms with Crippen LogP contribution in [0.1, 0.15) is 22.3 Å². The first-order valence-electron chi connectivity index (χ1n) is 4.89. The Morgan fingerprint density at radius 1 is 0.933 bits per heavy atom. The summed E-state index contributed by atoms with van der Waals surface area (Å²) in [6, 6.07) is 3.93. The molecule has 3 nitrogen and oxygen atoms in total. The Kier molecular flexibility index (Phi) is 2.31. The number of hydrogen-bond donors (Lipinski definition) is 0. The number of fused-ring (bicyclic) bond motifs is 1. The Balaban J connectivity index is 2.51. The van der Waals surface area contributed by atoms with Crippen LogP contribution in [-0.4, -0.2) is 11.9 Å². The minimum absolute atomic E-state index is 0.197. The lowest BCUT2D eigenvalue weighted by Crippen LogP contribution is -2.11. The third-order valence-corrected chi connectivity index (χ3v) is 2.71. The van der Waals surface area contributed by atoms with Gasteiger partial charge >= 0.3 is 11.9 Å². The van der Waals surface area contributed by atoms with E-state index in [1.807, 2.05) is 26.0 Å². The second-order valence-corrected chi connectivity index (χ2v) is 3.90. The molecule has 0 fully saturated rings. The molecule has 0 unspecified atom stereocenters. The Morgan fingerprint density at radius 3 is 1.73 bits per heavy atom. The van der Waals surface area contributed by atoms with E-state index in [1.165, 1.54) is 0 Å². The summed E-state index contributed by atoms with van der Waals surface area (Å²) < 4.78 is 4.60. The van der Waals surface area contributed by atoms with Gasteiger partial charge in [0.1, 0.15) is 0 Å². The van der Waals surface area contributed by atoms with Crippen molar-refractivity contribution in [1.29, 1.82) is 0 Å². The molecule has 0 spiro atoms. The second kappa shape index (κ2) is 3.50. The molecule has 1 aliphatic rings. The van der Waals surface area contributed by atoms with Gasteiger partial charge in [0.05, 0.1) is 12.8 Å². The lowest BCUT2D eigenvalue weighted by Gasteiger charge is -2.07. The molecule has 0 radical (unpaired) electrons. The largest absolute Gasteiger partial charge is 0.393 e. The van der Waals surface area contributed by atoms with Crippen molar-refractivity contribution in [2.24, 2.45) is 0 Å². The summed E-state index contributed by atoms with van der Waals surface area (Å²) in [7, 11) is 0. The van der Waals surface area contributed by atoms with Crippen molar-refractivity contribution in [2.75, 3.05) is 0 Å². The molecule has 0 amide bonds. The fourth-order valence-electron chi connectivity index (χ4n) is 1.78. The molecule has 0 N–H and O–H groups in total. The zero-order valence-corrected chi connectivity index (χ0v) is 8.79. The van der Waals surface area contributed by atoms with E-state index in [9.17, 15) is 9.59 Å². The third-order valence-electron chi connectivity index (χ3n) is 2.71. The molecule has 1 aliphatic heterocycles. The Hall–Kier alpha value is -1.64. The molecule has 0 saturated carbocycles. The molecular weight excluding hydrogens is 192 g/mol. The highest BCUT2D eigenvalue weighted by Crippen LogP contribution is 2.20. The fraction of sp³-hybridized carbons (Fsp3) is 0.333. The number of rotatable bonds is 0. The molecule has 0 atom stereocenters. The molecule has 1 aromatic carbocycles. The molecule has 3 heteroatoms. The van der Waals surface area contributed by atoms with Crippen molar-refractivity contribution in [3.8, 4) is 0 Å².